The second-order valence-corrected chi connectivity index (χ2v) is 8.23. The number of carbonyl (C=O) groups excluding carboxylic acids is 2. The van der Waals surface area contributed by atoms with Gasteiger partial charge in [-0.25, -0.2) is 0 Å². The summed E-state index contributed by atoms with van der Waals surface area (Å²) < 4.78 is 11.2. The van der Waals surface area contributed by atoms with Gasteiger partial charge in [-0.15, -0.1) is 0 Å². The zero-order chi connectivity index (χ0) is 23.8. The van der Waals surface area contributed by atoms with E-state index in [4.69, 9.17) is 9.47 Å². The third-order valence-electron chi connectivity index (χ3n) is 5.45. The lowest BCUT2D eigenvalue weighted by Crippen LogP contribution is -2.36. The Hall–Kier alpha value is -3.12. The zero-order valence-electron chi connectivity index (χ0n) is 20.0. The second-order valence-electron chi connectivity index (χ2n) is 8.23. The number of nitrogens with zero attached hydrogens (tertiary/aromatic N) is 2. The molecule has 0 fully saturated rings. The summed E-state index contributed by atoms with van der Waals surface area (Å²) in [5.41, 5.74) is 2.71. The van der Waals surface area contributed by atoms with Crippen LogP contribution < -0.4 is 4.74 Å². The number of benzene rings is 2. The first-order chi connectivity index (χ1) is 16.0. The second kappa shape index (κ2) is 11.7. The SMILES string of the molecule is CCOCCCN1C(=O)C(c2ccc(OC(C)C)cc2)=C(N(CC)Cc2ccccc2)C1=O. The molecule has 1 aliphatic heterocycles. The van der Waals surface area contributed by atoms with E-state index in [1.165, 1.54) is 4.90 Å². The minimum Gasteiger partial charge on any atom is -0.491 e. The molecule has 1 heterocycles. The first-order valence-corrected chi connectivity index (χ1v) is 11.7. The number of imide groups is 1. The molecule has 0 atom stereocenters. The normalized spacial score (nSPS) is 13.9. The van der Waals surface area contributed by atoms with Crippen molar-refractivity contribution >= 4 is 17.4 Å². The van der Waals surface area contributed by atoms with E-state index in [9.17, 15) is 9.59 Å². The molecule has 2 aromatic rings. The predicted octanol–water partition coefficient (Wildman–Crippen LogP) is 4.50. The Morgan fingerprint density at radius 1 is 0.939 bits per heavy atom. The highest BCUT2D eigenvalue weighted by atomic mass is 16.5. The third-order valence-corrected chi connectivity index (χ3v) is 5.45. The fraction of sp³-hybridized carbons (Fsp3) is 0.407. The number of hydrogen-bond acceptors (Lipinski definition) is 5. The van der Waals surface area contributed by atoms with Gasteiger partial charge >= 0.3 is 0 Å². The van der Waals surface area contributed by atoms with E-state index in [2.05, 4.69) is 0 Å². The molecule has 6 heteroatoms. The number of hydrogen-bond donors (Lipinski definition) is 0. The smallest absolute Gasteiger partial charge is 0.277 e. The molecule has 0 spiro atoms. The van der Waals surface area contributed by atoms with Gasteiger partial charge in [-0.1, -0.05) is 42.5 Å². The maximum absolute atomic E-state index is 13.5. The minimum absolute atomic E-state index is 0.0580. The van der Waals surface area contributed by atoms with Crippen molar-refractivity contribution in [1.82, 2.24) is 9.80 Å². The van der Waals surface area contributed by atoms with Crippen LogP contribution in [0.4, 0.5) is 0 Å². The Morgan fingerprint density at radius 3 is 2.24 bits per heavy atom. The monoisotopic (exact) mass is 450 g/mol. The van der Waals surface area contributed by atoms with Crippen LogP contribution in [0.25, 0.3) is 5.57 Å². The van der Waals surface area contributed by atoms with E-state index in [0.717, 1.165) is 16.9 Å². The van der Waals surface area contributed by atoms with Crippen LogP contribution in [0.1, 0.15) is 45.2 Å². The lowest BCUT2D eigenvalue weighted by atomic mass is 10.0. The first kappa shape index (κ1) is 24.5. The first-order valence-electron chi connectivity index (χ1n) is 11.7. The number of amides is 2. The quantitative estimate of drug-likeness (QED) is 0.352. The number of carbonyl (C=O) groups is 2. The van der Waals surface area contributed by atoms with E-state index >= 15 is 0 Å². The predicted molar refractivity (Wildman–Crippen MR) is 129 cm³/mol. The maximum Gasteiger partial charge on any atom is 0.277 e. The molecular formula is C27H34N2O4. The van der Waals surface area contributed by atoms with E-state index in [1.807, 2.05) is 87.2 Å². The van der Waals surface area contributed by atoms with E-state index in [1.54, 1.807) is 0 Å². The number of ether oxygens (including phenoxy) is 2. The molecule has 33 heavy (non-hydrogen) atoms. The largest absolute Gasteiger partial charge is 0.491 e. The molecule has 0 saturated heterocycles. The summed E-state index contributed by atoms with van der Waals surface area (Å²) in [6, 6.07) is 17.4. The van der Waals surface area contributed by atoms with Crippen LogP contribution >= 0.6 is 0 Å². The van der Waals surface area contributed by atoms with Crippen molar-refractivity contribution < 1.29 is 19.1 Å². The molecule has 0 saturated carbocycles. The number of likely N-dealkylation sites (N-methyl/N-ethyl adjacent to an activating group) is 1. The van der Waals surface area contributed by atoms with Gasteiger partial charge in [0.2, 0.25) is 0 Å². The highest BCUT2D eigenvalue weighted by Gasteiger charge is 2.41. The Balaban J connectivity index is 1.96. The van der Waals surface area contributed by atoms with Crippen LogP contribution in [0.15, 0.2) is 60.3 Å². The molecule has 2 amide bonds. The van der Waals surface area contributed by atoms with Crippen molar-refractivity contribution in [2.45, 2.75) is 46.8 Å². The molecule has 0 unspecified atom stereocenters. The highest BCUT2D eigenvalue weighted by Crippen LogP contribution is 2.33. The van der Waals surface area contributed by atoms with Crippen molar-refractivity contribution in [2.75, 3.05) is 26.3 Å². The van der Waals surface area contributed by atoms with E-state index < -0.39 is 0 Å². The Labute approximate surface area is 196 Å². The lowest BCUT2D eigenvalue weighted by molar-refractivity contribution is -0.137. The van der Waals surface area contributed by atoms with Gasteiger partial charge in [0.05, 0.1) is 11.7 Å². The van der Waals surface area contributed by atoms with E-state index in [-0.39, 0.29) is 17.9 Å². The fourth-order valence-electron chi connectivity index (χ4n) is 3.91. The van der Waals surface area contributed by atoms with Crippen molar-refractivity contribution in [3.8, 4) is 5.75 Å². The molecule has 6 nitrogen and oxygen atoms in total. The summed E-state index contributed by atoms with van der Waals surface area (Å²) in [4.78, 5) is 30.3. The van der Waals surface area contributed by atoms with Gasteiger partial charge in [0, 0.05) is 32.8 Å². The standard InChI is InChI=1S/C27H34N2O4/c1-5-28(19-21-11-8-7-9-12-21)25-24(22-13-15-23(16-14-22)33-20(3)4)26(30)29(27(25)31)17-10-18-32-6-2/h7-9,11-16,20H,5-6,10,17-19H2,1-4H3. The zero-order valence-corrected chi connectivity index (χ0v) is 20.0. The summed E-state index contributed by atoms with van der Waals surface area (Å²) >= 11 is 0. The van der Waals surface area contributed by atoms with Crippen LogP contribution in [-0.2, 0) is 20.9 Å². The van der Waals surface area contributed by atoms with Crippen LogP contribution in [0.2, 0.25) is 0 Å². The number of rotatable bonds is 12. The fourth-order valence-corrected chi connectivity index (χ4v) is 3.91. The molecule has 176 valence electrons. The van der Waals surface area contributed by atoms with Crippen LogP contribution in [0, 0.1) is 0 Å². The average Bonchev–Trinajstić information content (AvgIpc) is 3.05. The Kier molecular flexibility index (Phi) is 8.66. The Bertz CT molecular complexity index is 967. The molecule has 1 aliphatic rings. The molecule has 2 aromatic carbocycles. The maximum atomic E-state index is 13.5. The van der Waals surface area contributed by atoms with Crippen molar-refractivity contribution in [3.63, 3.8) is 0 Å². The van der Waals surface area contributed by atoms with Gasteiger partial charge in [-0.2, -0.15) is 0 Å². The average molecular weight is 451 g/mol. The van der Waals surface area contributed by atoms with Gasteiger partial charge in [0.25, 0.3) is 11.8 Å². The summed E-state index contributed by atoms with van der Waals surface area (Å²) in [6.07, 6.45) is 0.667. The lowest BCUT2D eigenvalue weighted by Gasteiger charge is -2.25. The Morgan fingerprint density at radius 2 is 1.64 bits per heavy atom. The molecule has 0 aliphatic carbocycles. The molecular weight excluding hydrogens is 416 g/mol. The van der Waals surface area contributed by atoms with Gasteiger partial charge in [-0.05, 0) is 57.4 Å². The molecule has 3 rings (SSSR count). The van der Waals surface area contributed by atoms with Crippen LogP contribution in [0.5, 0.6) is 5.75 Å². The van der Waals surface area contributed by atoms with Crippen LogP contribution in [-0.4, -0.2) is 54.0 Å². The van der Waals surface area contributed by atoms with Crippen molar-refractivity contribution in [2.24, 2.45) is 0 Å². The van der Waals surface area contributed by atoms with Gasteiger partial charge in [0.15, 0.2) is 0 Å². The molecule has 0 bridgehead atoms. The topological polar surface area (TPSA) is 59.1 Å². The minimum atomic E-state index is -0.254. The van der Waals surface area contributed by atoms with Crippen LogP contribution in [0.3, 0.4) is 0 Å². The van der Waals surface area contributed by atoms with Gasteiger partial charge in [-0.3, -0.25) is 14.5 Å². The summed E-state index contributed by atoms with van der Waals surface area (Å²) in [5, 5.41) is 0. The summed E-state index contributed by atoms with van der Waals surface area (Å²) in [6.45, 7) is 10.5. The highest BCUT2D eigenvalue weighted by molar-refractivity contribution is 6.35. The molecule has 0 aromatic heterocycles. The summed E-state index contributed by atoms with van der Waals surface area (Å²) in [5.74, 6) is 0.236. The van der Waals surface area contributed by atoms with Crippen molar-refractivity contribution in [1.29, 1.82) is 0 Å². The van der Waals surface area contributed by atoms with Gasteiger partial charge < -0.3 is 14.4 Å². The molecule has 0 radical (unpaired) electrons. The third kappa shape index (κ3) is 6.02. The van der Waals surface area contributed by atoms with E-state index in [0.29, 0.717) is 50.5 Å². The molecule has 0 N–H and O–H groups in total. The van der Waals surface area contributed by atoms with Gasteiger partial charge in [0.1, 0.15) is 11.4 Å². The van der Waals surface area contributed by atoms with Crippen molar-refractivity contribution in [3.05, 3.63) is 71.4 Å². The summed E-state index contributed by atoms with van der Waals surface area (Å²) in [7, 11) is 0.